The van der Waals surface area contributed by atoms with E-state index in [9.17, 15) is 52.7 Å². The summed E-state index contributed by atoms with van der Waals surface area (Å²) in [6.45, 7) is 0. The Hall–Kier alpha value is -3.98. The molecular formula is C24HF16. The molecule has 0 spiro atoms. The zero-order valence-corrected chi connectivity index (χ0v) is 18.1. The SMILES string of the molecule is FC1=C(F)C(F)(c2[c]cc(C3(F)C(F)=C(F)c4c(F)c(F)c(F)c(F)c43)c(F)c2F)c2c(F)c(F)c(F)c(F)c21. The molecule has 40 heavy (non-hydrogen) atoms. The topological polar surface area (TPSA) is 0 Å². The van der Waals surface area contributed by atoms with E-state index in [0.29, 0.717) is 0 Å². The van der Waals surface area contributed by atoms with Crippen molar-refractivity contribution in [2.75, 3.05) is 0 Å². The Kier molecular flexibility index (Phi) is 5.70. The van der Waals surface area contributed by atoms with Gasteiger partial charge in [0, 0.05) is 11.1 Å². The lowest BCUT2D eigenvalue weighted by Crippen LogP contribution is -2.29. The van der Waals surface area contributed by atoms with Gasteiger partial charge < -0.3 is 0 Å². The van der Waals surface area contributed by atoms with Gasteiger partial charge in [-0.2, -0.15) is 0 Å². The van der Waals surface area contributed by atoms with Gasteiger partial charge in [0.2, 0.25) is 11.3 Å². The molecule has 0 N–H and O–H groups in total. The zero-order valence-electron chi connectivity index (χ0n) is 18.1. The van der Waals surface area contributed by atoms with Gasteiger partial charge in [-0.05, 0) is 12.1 Å². The predicted octanol–water partition coefficient (Wildman–Crippen LogP) is 8.55. The maximum Gasteiger partial charge on any atom is 0.222 e. The van der Waals surface area contributed by atoms with Gasteiger partial charge in [0.05, 0.1) is 22.3 Å². The molecule has 2 aliphatic rings. The fourth-order valence-electron chi connectivity index (χ4n) is 4.55. The summed E-state index contributed by atoms with van der Waals surface area (Å²) < 4.78 is 231. The quantitative estimate of drug-likeness (QED) is 0.159. The number of alkyl halides is 2. The van der Waals surface area contributed by atoms with Crippen molar-refractivity contribution in [2.24, 2.45) is 0 Å². The monoisotopic (exact) mass is 593 g/mol. The van der Waals surface area contributed by atoms with E-state index in [1.165, 1.54) is 0 Å². The normalized spacial score (nSPS) is 22.0. The molecule has 16 heteroatoms. The highest BCUT2D eigenvalue weighted by molar-refractivity contribution is 5.78. The van der Waals surface area contributed by atoms with Crippen LogP contribution in [0.25, 0.3) is 11.7 Å². The Bertz CT molecular complexity index is 1640. The molecule has 0 saturated carbocycles. The van der Waals surface area contributed by atoms with E-state index in [1.807, 2.05) is 0 Å². The Morgan fingerprint density at radius 2 is 0.800 bits per heavy atom. The van der Waals surface area contributed by atoms with Crippen LogP contribution in [-0.2, 0) is 11.3 Å². The third kappa shape index (κ3) is 2.90. The predicted molar refractivity (Wildman–Crippen MR) is 99.8 cm³/mol. The molecule has 0 saturated heterocycles. The van der Waals surface area contributed by atoms with E-state index < -0.39 is 132 Å². The van der Waals surface area contributed by atoms with Crippen LogP contribution in [0, 0.1) is 64.2 Å². The Labute approximate surface area is 209 Å². The molecule has 2 atom stereocenters. The van der Waals surface area contributed by atoms with Crippen LogP contribution in [-0.4, -0.2) is 0 Å². The highest BCUT2D eigenvalue weighted by Gasteiger charge is 2.59. The number of benzene rings is 3. The summed E-state index contributed by atoms with van der Waals surface area (Å²) in [4.78, 5) is 0. The van der Waals surface area contributed by atoms with Crippen LogP contribution in [0.4, 0.5) is 70.2 Å². The van der Waals surface area contributed by atoms with Crippen molar-refractivity contribution < 1.29 is 70.2 Å². The molecule has 0 bridgehead atoms. The Morgan fingerprint density at radius 1 is 0.425 bits per heavy atom. The number of hydrogen-bond donors (Lipinski definition) is 0. The van der Waals surface area contributed by atoms with Crippen molar-refractivity contribution in [3.05, 3.63) is 115 Å². The minimum Gasteiger partial charge on any atom is -0.225 e. The molecular weight excluding hydrogens is 592 g/mol. The maximum atomic E-state index is 15.8. The third-order valence-electron chi connectivity index (χ3n) is 6.38. The fourth-order valence-corrected chi connectivity index (χ4v) is 4.55. The molecule has 0 heterocycles. The summed E-state index contributed by atoms with van der Waals surface area (Å²) in [5, 5.41) is 0. The lowest BCUT2D eigenvalue weighted by molar-refractivity contribution is 0.204. The molecule has 3 aromatic rings. The number of fused-ring (bicyclic) bond motifs is 2. The second-order valence-electron chi connectivity index (χ2n) is 8.29. The van der Waals surface area contributed by atoms with E-state index in [2.05, 4.69) is 0 Å². The van der Waals surface area contributed by atoms with Gasteiger partial charge in [-0.1, -0.05) is 0 Å². The molecule has 0 fully saturated rings. The van der Waals surface area contributed by atoms with E-state index in [4.69, 9.17) is 0 Å². The molecule has 2 unspecified atom stereocenters. The van der Waals surface area contributed by atoms with Gasteiger partial charge in [0.25, 0.3) is 0 Å². The third-order valence-corrected chi connectivity index (χ3v) is 6.38. The van der Waals surface area contributed by atoms with E-state index >= 15 is 17.6 Å². The van der Waals surface area contributed by atoms with Crippen molar-refractivity contribution >= 4 is 11.7 Å². The van der Waals surface area contributed by atoms with Crippen molar-refractivity contribution in [1.29, 1.82) is 0 Å². The van der Waals surface area contributed by atoms with Crippen LogP contribution < -0.4 is 0 Å². The maximum absolute atomic E-state index is 15.8. The highest BCUT2D eigenvalue weighted by Crippen LogP contribution is 2.58. The van der Waals surface area contributed by atoms with Crippen molar-refractivity contribution in [2.45, 2.75) is 11.3 Å². The first-order valence-electron chi connectivity index (χ1n) is 10.1. The molecule has 3 aromatic carbocycles. The molecule has 5 rings (SSSR count). The number of hydrogen-bond acceptors (Lipinski definition) is 0. The summed E-state index contributed by atoms with van der Waals surface area (Å²) in [5.41, 5.74) is -23.7. The van der Waals surface area contributed by atoms with Crippen LogP contribution in [0.3, 0.4) is 0 Å². The number of rotatable bonds is 2. The Balaban J connectivity index is 1.82. The fraction of sp³-hybridized carbons (Fsp3) is 0.0833. The first-order chi connectivity index (χ1) is 18.5. The van der Waals surface area contributed by atoms with Gasteiger partial charge in [-0.3, -0.25) is 0 Å². The van der Waals surface area contributed by atoms with Gasteiger partial charge in [0.15, 0.2) is 81.5 Å². The second-order valence-corrected chi connectivity index (χ2v) is 8.29. The van der Waals surface area contributed by atoms with Crippen molar-refractivity contribution in [3.63, 3.8) is 0 Å². The minimum atomic E-state index is -4.90. The average Bonchev–Trinajstić information content (AvgIpc) is 3.25. The van der Waals surface area contributed by atoms with Crippen LogP contribution in [0.15, 0.2) is 17.7 Å². The summed E-state index contributed by atoms with van der Waals surface area (Å²) in [6, 6.07) is 0.706. The lowest BCUT2D eigenvalue weighted by Gasteiger charge is -2.26. The van der Waals surface area contributed by atoms with Crippen molar-refractivity contribution in [3.8, 4) is 0 Å². The molecule has 2 aliphatic carbocycles. The summed E-state index contributed by atoms with van der Waals surface area (Å²) in [5.74, 6) is -39.8. The second kappa shape index (κ2) is 8.27. The van der Waals surface area contributed by atoms with Gasteiger partial charge in [0.1, 0.15) is 0 Å². The van der Waals surface area contributed by atoms with Crippen molar-refractivity contribution in [1.82, 2.24) is 0 Å². The molecule has 0 aromatic heterocycles. The molecule has 0 nitrogen and oxygen atoms in total. The average molecular weight is 593 g/mol. The van der Waals surface area contributed by atoms with Crippen LogP contribution in [0.1, 0.15) is 33.4 Å². The number of halogens is 16. The smallest absolute Gasteiger partial charge is 0.222 e. The van der Waals surface area contributed by atoms with E-state index in [0.717, 1.165) is 6.07 Å². The highest BCUT2D eigenvalue weighted by atomic mass is 19.2. The molecule has 0 aliphatic heterocycles. The van der Waals surface area contributed by atoms with Gasteiger partial charge in [-0.15, -0.1) is 0 Å². The van der Waals surface area contributed by atoms with Gasteiger partial charge in [-0.25, -0.2) is 70.2 Å². The largest absolute Gasteiger partial charge is 0.225 e. The molecule has 209 valence electrons. The first-order valence-corrected chi connectivity index (χ1v) is 10.1. The van der Waals surface area contributed by atoms with E-state index in [1.54, 1.807) is 0 Å². The summed E-state index contributed by atoms with van der Waals surface area (Å²) in [7, 11) is 0. The lowest BCUT2D eigenvalue weighted by atomic mass is 9.83. The van der Waals surface area contributed by atoms with Gasteiger partial charge >= 0.3 is 0 Å². The zero-order chi connectivity index (χ0) is 30.0. The van der Waals surface area contributed by atoms with Crippen LogP contribution in [0.5, 0.6) is 0 Å². The molecule has 1 radical (unpaired) electrons. The first kappa shape index (κ1) is 27.6. The van der Waals surface area contributed by atoms with Crippen LogP contribution >= 0.6 is 0 Å². The van der Waals surface area contributed by atoms with Crippen LogP contribution in [0.2, 0.25) is 0 Å². The summed E-state index contributed by atoms with van der Waals surface area (Å²) in [6.07, 6.45) is 0. The molecule has 0 amide bonds. The summed E-state index contributed by atoms with van der Waals surface area (Å²) >= 11 is 0. The minimum absolute atomic E-state index is 0.451. The van der Waals surface area contributed by atoms with E-state index in [-0.39, 0.29) is 0 Å². The standard InChI is InChI=1S/C24HF16/c25-9-3(23(39)7-5(13(29)21(23)37)11(27)17(33)19(35)15(7)31)1-2-4(10(9)26)24(40)8-6(14(30)22(24)38)12(28)18(34)20(36)16(8)32/h1H. The Morgan fingerprint density at radius 3 is 1.25 bits per heavy atom. The number of allylic oxidation sites excluding steroid dienone is 2.